The fraction of sp³-hybridized carbons (Fsp3) is 0.250. The Morgan fingerprint density at radius 2 is 1.73 bits per heavy atom. The second-order valence-electron chi connectivity index (χ2n) is 3.01. The maximum Gasteiger partial charge on any atom is 0.0644 e. The Morgan fingerprint density at radius 3 is 2.20 bits per heavy atom. The van der Waals surface area contributed by atoms with Crippen molar-refractivity contribution in [2.75, 3.05) is 13.1 Å². The second-order valence-corrected chi connectivity index (χ2v) is 3.01. The Labute approximate surface area is 118 Å². The molecule has 0 saturated heterocycles. The first-order valence-corrected chi connectivity index (χ1v) is 4.72. The van der Waals surface area contributed by atoms with Crippen LogP contribution in [0.5, 0.6) is 0 Å². The Balaban J connectivity index is 0.00000196. The molecule has 0 aliphatic rings. The average Bonchev–Trinajstić information content (AvgIpc) is 2.26. The molecule has 0 atom stereocenters. The summed E-state index contributed by atoms with van der Waals surface area (Å²) < 4.78 is 0. The Morgan fingerprint density at radius 1 is 1.20 bits per heavy atom. The zero-order valence-corrected chi connectivity index (χ0v) is 12.0. The molecule has 1 rings (SSSR count). The summed E-state index contributed by atoms with van der Waals surface area (Å²) in [6.45, 7) is 10.9. The van der Waals surface area contributed by atoms with Gasteiger partial charge >= 0.3 is 0 Å². The quantitative estimate of drug-likeness (QED) is 0.469. The molecule has 15 heavy (non-hydrogen) atoms. The summed E-state index contributed by atoms with van der Waals surface area (Å²) in [5, 5.41) is 6.24. The molecule has 0 saturated carbocycles. The number of nitrogens with zero attached hydrogens (tertiary/aromatic N) is 2. The summed E-state index contributed by atoms with van der Waals surface area (Å²) in [6, 6.07) is 10.1. The van der Waals surface area contributed by atoms with E-state index in [1.807, 2.05) is 42.3 Å². The van der Waals surface area contributed by atoms with Gasteiger partial charge in [-0.05, 0) is 12.5 Å². The van der Waals surface area contributed by atoms with E-state index in [1.54, 1.807) is 0 Å². The first-order valence-electron chi connectivity index (χ1n) is 4.72. The summed E-state index contributed by atoms with van der Waals surface area (Å²) >= 11 is 0. The molecule has 0 bridgehead atoms. The summed E-state index contributed by atoms with van der Waals surface area (Å²) in [7, 11) is 0. The summed E-state index contributed by atoms with van der Waals surface area (Å²) in [6.07, 6.45) is 0. The third-order valence-corrected chi connectivity index (χ3v) is 2.00. The van der Waals surface area contributed by atoms with E-state index in [-0.39, 0.29) is 32.7 Å². The maximum absolute atomic E-state index is 4.41. The van der Waals surface area contributed by atoms with E-state index in [1.165, 1.54) is 0 Å². The first-order chi connectivity index (χ1) is 6.77. The molecule has 0 aromatic heterocycles. The van der Waals surface area contributed by atoms with Crippen LogP contribution in [0.1, 0.15) is 12.5 Å². The predicted molar refractivity (Wildman–Crippen MR) is 60.9 cm³/mol. The van der Waals surface area contributed by atoms with Crippen molar-refractivity contribution in [2.24, 2.45) is 5.10 Å². The minimum atomic E-state index is 0. The Bertz CT molecular complexity index is 292. The van der Waals surface area contributed by atoms with Gasteiger partial charge in [-0.2, -0.15) is 5.10 Å². The number of benzene rings is 1. The molecule has 0 aliphatic carbocycles. The van der Waals surface area contributed by atoms with Crippen LogP contribution in [0.25, 0.3) is 0 Å². The minimum absolute atomic E-state index is 0. The largest absolute Gasteiger partial charge is 0.357 e. The summed E-state index contributed by atoms with van der Waals surface area (Å²) in [4.78, 5) is 0. The van der Waals surface area contributed by atoms with Crippen LogP contribution >= 0.6 is 0 Å². The molecule has 0 aliphatic heterocycles. The average molecular weight is 277 g/mol. The van der Waals surface area contributed by atoms with Gasteiger partial charge in [-0.3, -0.25) is 0 Å². The Kier molecular flexibility index (Phi) is 7.90. The third-order valence-electron chi connectivity index (χ3n) is 2.00. The molecule has 2 nitrogen and oxygen atoms in total. The zero-order chi connectivity index (χ0) is 10.4. The van der Waals surface area contributed by atoms with Crippen molar-refractivity contribution in [3.8, 4) is 0 Å². The van der Waals surface area contributed by atoms with Crippen LogP contribution in [0.4, 0.5) is 0 Å². The van der Waals surface area contributed by atoms with E-state index in [2.05, 4.69) is 18.9 Å². The van der Waals surface area contributed by atoms with Gasteiger partial charge in [-0.25, -0.2) is 0 Å². The van der Waals surface area contributed by atoms with Crippen LogP contribution in [0, 0.1) is 13.8 Å². The summed E-state index contributed by atoms with van der Waals surface area (Å²) in [5.41, 5.74) is 2.14. The van der Waals surface area contributed by atoms with E-state index in [9.17, 15) is 0 Å². The number of hydrogen-bond acceptors (Lipinski definition) is 2. The molecule has 1 aromatic carbocycles. The van der Waals surface area contributed by atoms with Crippen molar-refractivity contribution < 1.29 is 32.7 Å². The van der Waals surface area contributed by atoms with Crippen molar-refractivity contribution in [1.82, 2.24) is 5.01 Å². The number of rotatable bonds is 4. The van der Waals surface area contributed by atoms with E-state index in [0.29, 0.717) is 13.1 Å². The van der Waals surface area contributed by atoms with Crippen LogP contribution in [0.3, 0.4) is 0 Å². The predicted octanol–water partition coefficient (Wildman–Crippen LogP) is 2.38. The van der Waals surface area contributed by atoms with Crippen LogP contribution in [-0.4, -0.2) is 23.8 Å². The van der Waals surface area contributed by atoms with Gasteiger partial charge in [-0.15, -0.1) is 0 Å². The Hall–Kier alpha value is -0.206. The second kappa shape index (κ2) is 8.01. The van der Waals surface area contributed by atoms with Gasteiger partial charge in [-0.1, -0.05) is 43.4 Å². The van der Waals surface area contributed by atoms with E-state index in [4.69, 9.17) is 0 Å². The van der Waals surface area contributed by atoms with E-state index >= 15 is 0 Å². The monoisotopic (exact) mass is 277 g/mol. The van der Waals surface area contributed by atoms with Crippen molar-refractivity contribution in [1.29, 1.82) is 0 Å². The van der Waals surface area contributed by atoms with Crippen molar-refractivity contribution in [3.63, 3.8) is 0 Å². The van der Waals surface area contributed by atoms with Gasteiger partial charge in [0, 0.05) is 32.7 Å². The van der Waals surface area contributed by atoms with Crippen molar-refractivity contribution in [3.05, 3.63) is 49.7 Å². The molecule has 1 aromatic rings. The molecule has 79 valence electrons. The SMILES string of the molecule is [CH2-]CN(C[CH2-])/N=C(\C)c1ccccc1.[Y]. The molecule has 0 unspecified atom stereocenters. The fourth-order valence-corrected chi connectivity index (χ4v) is 1.16. The zero-order valence-electron chi connectivity index (χ0n) is 9.19. The molecule has 0 N–H and O–H groups in total. The number of hydrazone groups is 1. The van der Waals surface area contributed by atoms with Gasteiger partial charge in [0.05, 0.1) is 5.71 Å². The normalized spacial score (nSPS) is 10.7. The fourth-order valence-electron chi connectivity index (χ4n) is 1.16. The van der Waals surface area contributed by atoms with Crippen LogP contribution in [0.15, 0.2) is 35.4 Å². The van der Waals surface area contributed by atoms with Gasteiger partial charge < -0.3 is 18.9 Å². The topological polar surface area (TPSA) is 15.6 Å². The van der Waals surface area contributed by atoms with E-state index < -0.39 is 0 Å². The van der Waals surface area contributed by atoms with Crippen molar-refractivity contribution >= 4 is 5.71 Å². The summed E-state index contributed by atoms with van der Waals surface area (Å²) in [5.74, 6) is 0. The molecule has 0 fully saturated rings. The molecule has 0 spiro atoms. The first kappa shape index (κ1) is 14.8. The maximum atomic E-state index is 4.41. The van der Waals surface area contributed by atoms with Crippen LogP contribution in [0.2, 0.25) is 0 Å². The van der Waals surface area contributed by atoms with E-state index in [0.717, 1.165) is 11.3 Å². The van der Waals surface area contributed by atoms with Gasteiger partial charge in [0.1, 0.15) is 0 Å². The molecule has 0 amide bonds. The molecule has 1 radical (unpaired) electrons. The third kappa shape index (κ3) is 4.90. The van der Waals surface area contributed by atoms with Gasteiger partial charge in [0.25, 0.3) is 0 Å². The molecular weight excluding hydrogens is 261 g/mol. The van der Waals surface area contributed by atoms with Gasteiger partial charge in [0.15, 0.2) is 0 Å². The molecular formula is C12H16N2Y-2. The van der Waals surface area contributed by atoms with Crippen LogP contribution in [-0.2, 0) is 32.7 Å². The van der Waals surface area contributed by atoms with Crippen LogP contribution < -0.4 is 0 Å². The minimum Gasteiger partial charge on any atom is -0.357 e. The molecule has 3 heteroatoms. The standard InChI is InChI=1S/C12H16N2.Y/c1-4-14(5-2)13-11(3)12-9-7-6-8-10-12;/h6-10H,1-2,4-5H2,3H3;/q-2;/b13-11+;. The smallest absolute Gasteiger partial charge is 0.0644 e. The van der Waals surface area contributed by atoms with Gasteiger partial charge in [0.2, 0.25) is 0 Å². The number of hydrogen-bond donors (Lipinski definition) is 0. The van der Waals surface area contributed by atoms with Crippen molar-refractivity contribution in [2.45, 2.75) is 6.92 Å². The molecule has 0 heterocycles.